The van der Waals surface area contributed by atoms with E-state index < -0.39 is 18.1 Å². The highest BCUT2D eigenvalue weighted by Crippen LogP contribution is 2.20. The molecule has 1 atom stereocenters. The van der Waals surface area contributed by atoms with Crippen LogP contribution in [-0.4, -0.2) is 19.1 Å². The van der Waals surface area contributed by atoms with Gasteiger partial charge in [0.05, 0.1) is 10.6 Å². The Kier molecular flexibility index (Phi) is 24.0. The summed E-state index contributed by atoms with van der Waals surface area (Å²) in [6.45, 7) is 6.61. The number of unbranched alkanes of at least 4 members (excludes halogenated alkanes) is 16. The van der Waals surface area contributed by atoms with Crippen molar-refractivity contribution >= 4 is 18.1 Å². The molecule has 36 heavy (non-hydrogen) atoms. The Morgan fingerprint density at radius 2 is 1.03 bits per heavy atom. The zero-order chi connectivity index (χ0) is 26.9. The average molecular weight is 546 g/mol. The minimum atomic E-state index is -3.28. The fourth-order valence-corrected chi connectivity index (χ4v) is 5.51. The van der Waals surface area contributed by atoms with Crippen LogP contribution in [0, 0.1) is 0 Å². The van der Waals surface area contributed by atoms with Gasteiger partial charge in [0.25, 0.3) is 0 Å². The molecule has 0 saturated heterocycles. The van der Waals surface area contributed by atoms with Gasteiger partial charge in [-0.2, -0.15) is 0 Å². The van der Waals surface area contributed by atoms with Gasteiger partial charge < -0.3 is 0 Å². The van der Waals surface area contributed by atoms with Crippen molar-refractivity contribution in [1.82, 2.24) is 0 Å². The summed E-state index contributed by atoms with van der Waals surface area (Å²) in [5, 5.41) is 0. The van der Waals surface area contributed by atoms with Crippen LogP contribution in [0.4, 0.5) is 0 Å². The van der Waals surface area contributed by atoms with Crippen LogP contribution in [0.5, 0.6) is 0 Å². The molecule has 0 amide bonds. The third kappa shape index (κ3) is 21.3. The van der Waals surface area contributed by atoms with E-state index in [2.05, 4.69) is 25.3 Å². The average Bonchev–Trinajstić information content (AvgIpc) is 2.87. The maximum absolute atomic E-state index is 12.4. The molecular formula is C29H54O5PS+. The molecule has 7 heteroatoms. The van der Waals surface area contributed by atoms with E-state index in [1.165, 1.54) is 96.3 Å². The monoisotopic (exact) mass is 545 g/mol. The van der Waals surface area contributed by atoms with Crippen molar-refractivity contribution in [3.63, 3.8) is 0 Å². The number of sulfone groups is 1. The van der Waals surface area contributed by atoms with E-state index in [1.54, 1.807) is 24.3 Å². The Balaban J connectivity index is 0.00000283. The van der Waals surface area contributed by atoms with Gasteiger partial charge in [0.15, 0.2) is 9.84 Å². The Morgan fingerprint density at radius 3 is 1.39 bits per heavy atom. The van der Waals surface area contributed by atoms with E-state index >= 15 is 0 Å². The Hall–Kier alpha value is -0.810. The Labute approximate surface area is 223 Å². The normalized spacial score (nSPS) is 11.7. The standard InChI is InChI=1S/C25H43O5PS.C4H10/c1-2-3-4-5-6-7-8-9-10-11-12-13-14-15-16-17-22-32(28,29)25-20-18-24(19-21-25)23-30-31(26)27;1-3-4-2/h18-21H,2-17,22-23H2,1H3;3-4H2,1-2H3/p+1. The molecule has 1 rings (SSSR count). The van der Waals surface area contributed by atoms with Crippen LogP contribution >= 0.6 is 8.25 Å². The van der Waals surface area contributed by atoms with Crippen LogP contribution in [0.25, 0.3) is 0 Å². The largest absolute Gasteiger partial charge is 0.695 e. The van der Waals surface area contributed by atoms with E-state index in [0.29, 0.717) is 16.9 Å². The van der Waals surface area contributed by atoms with Crippen LogP contribution in [0.1, 0.15) is 142 Å². The molecule has 1 aromatic carbocycles. The van der Waals surface area contributed by atoms with Gasteiger partial charge in [0, 0.05) is 4.57 Å². The second-order valence-electron chi connectivity index (χ2n) is 9.78. The highest BCUT2D eigenvalue weighted by Gasteiger charge is 2.15. The summed E-state index contributed by atoms with van der Waals surface area (Å²) in [5.74, 6) is 0.170. The molecule has 0 aromatic heterocycles. The molecule has 0 radical (unpaired) electrons. The van der Waals surface area contributed by atoms with E-state index in [0.717, 1.165) is 12.8 Å². The van der Waals surface area contributed by atoms with Gasteiger partial charge in [-0.1, -0.05) is 142 Å². The van der Waals surface area contributed by atoms with Crippen LogP contribution in [0.3, 0.4) is 0 Å². The molecule has 0 bridgehead atoms. The molecule has 5 nitrogen and oxygen atoms in total. The second kappa shape index (κ2) is 24.5. The summed E-state index contributed by atoms with van der Waals surface area (Å²) in [6, 6.07) is 6.34. The SMILES string of the molecule is CCCC.CCCCCCCCCCCCCCCCCCS(=O)(=O)c1ccc(CO[P+](=O)O)cc1. The second-order valence-corrected chi connectivity index (χ2v) is 12.6. The van der Waals surface area contributed by atoms with Gasteiger partial charge in [0.2, 0.25) is 0 Å². The maximum Gasteiger partial charge on any atom is 0.695 e. The summed E-state index contributed by atoms with van der Waals surface area (Å²) in [7, 11) is -5.92. The van der Waals surface area contributed by atoms with E-state index in [9.17, 15) is 13.0 Å². The number of rotatable bonds is 22. The first kappa shape index (κ1) is 35.2. The van der Waals surface area contributed by atoms with Crippen LogP contribution < -0.4 is 0 Å². The van der Waals surface area contributed by atoms with Gasteiger partial charge in [-0.3, -0.25) is 0 Å². The zero-order valence-electron chi connectivity index (χ0n) is 23.4. The fraction of sp³-hybridized carbons (Fsp3) is 0.793. The number of hydrogen-bond donors (Lipinski definition) is 1. The van der Waals surface area contributed by atoms with E-state index in [1.807, 2.05) is 0 Å². The predicted molar refractivity (Wildman–Crippen MR) is 153 cm³/mol. The van der Waals surface area contributed by atoms with Crippen LogP contribution in [-0.2, 0) is 25.5 Å². The molecular weight excluding hydrogens is 491 g/mol. The van der Waals surface area contributed by atoms with Gasteiger partial charge in [-0.25, -0.2) is 8.42 Å². The first-order valence-electron chi connectivity index (χ1n) is 14.5. The highest BCUT2D eigenvalue weighted by atomic mass is 32.2. The first-order valence-corrected chi connectivity index (χ1v) is 17.3. The van der Waals surface area contributed by atoms with Crippen LogP contribution in [0.2, 0.25) is 0 Å². The third-order valence-corrected chi connectivity index (χ3v) is 8.56. The molecule has 0 aliphatic rings. The van der Waals surface area contributed by atoms with Gasteiger partial charge in [-0.05, 0) is 24.1 Å². The summed E-state index contributed by atoms with van der Waals surface area (Å²) < 4.78 is 40.1. The van der Waals surface area contributed by atoms with Crippen molar-refractivity contribution in [2.45, 2.75) is 148 Å². The molecule has 210 valence electrons. The molecule has 1 N–H and O–H groups in total. The first-order chi connectivity index (χ1) is 17.4. The lowest BCUT2D eigenvalue weighted by Crippen LogP contribution is -2.07. The Bertz CT molecular complexity index is 733. The number of benzene rings is 1. The lowest BCUT2D eigenvalue weighted by molar-refractivity contribution is 0.272. The summed E-state index contributed by atoms with van der Waals surface area (Å²) in [5.41, 5.74) is 0.670. The lowest BCUT2D eigenvalue weighted by Gasteiger charge is -2.06. The van der Waals surface area contributed by atoms with Gasteiger partial charge in [0.1, 0.15) is 6.61 Å². The summed E-state index contributed by atoms with van der Waals surface area (Å²) in [4.78, 5) is 8.96. The predicted octanol–water partition coefficient (Wildman–Crippen LogP) is 9.69. The van der Waals surface area contributed by atoms with Crippen molar-refractivity contribution in [3.05, 3.63) is 29.8 Å². The molecule has 0 heterocycles. The highest BCUT2D eigenvalue weighted by molar-refractivity contribution is 7.91. The topological polar surface area (TPSA) is 80.7 Å². The minimum absolute atomic E-state index is 0.00877. The zero-order valence-corrected chi connectivity index (χ0v) is 25.1. The fourth-order valence-electron chi connectivity index (χ4n) is 3.88. The van der Waals surface area contributed by atoms with Crippen molar-refractivity contribution in [1.29, 1.82) is 0 Å². The molecule has 1 aromatic rings. The van der Waals surface area contributed by atoms with Crippen LogP contribution in [0.15, 0.2) is 29.2 Å². The molecule has 0 aliphatic carbocycles. The third-order valence-electron chi connectivity index (χ3n) is 6.39. The lowest BCUT2D eigenvalue weighted by atomic mass is 10.0. The molecule has 0 aliphatic heterocycles. The molecule has 0 saturated carbocycles. The molecule has 1 unspecified atom stereocenters. The summed E-state index contributed by atoms with van der Waals surface area (Å²) in [6.07, 6.45) is 22.9. The Morgan fingerprint density at radius 1 is 0.639 bits per heavy atom. The smallest absolute Gasteiger partial charge is 0.224 e. The maximum atomic E-state index is 12.4. The van der Waals surface area contributed by atoms with Crippen molar-refractivity contribution in [2.24, 2.45) is 0 Å². The van der Waals surface area contributed by atoms with E-state index in [4.69, 9.17) is 4.89 Å². The summed E-state index contributed by atoms with van der Waals surface area (Å²) >= 11 is 0. The molecule has 0 spiro atoms. The minimum Gasteiger partial charge on any atom is -0.224 e. The van der Waals surface area contributed by atoms with Crippen molar-refractivity contribution < 1.29 is 22.4 Å². The van der Waals surface area contributed by atoms with Gasteiger partial charge >= 0.3 is 8.25 Å². The van der Waals surface area contributed by atoms with Crippen molar-refractivity contribution in [3.8, 4) is 0 Å². The quantitative estimate of drug-likeness (QED) is 0.116. The molecule has 0 fully saturated rings. The van der Waals surface area contributed by atoms with Crippen molar-refractivity contribution in [2.75, 3.05) is 5.75 Å². The van der Waals surface area contributed by atoms with E-state index in [-0.39, 0.29) is 12.4 Å². The van der Waals surface area contributed by atoms with Gasteiger partial charge in [-0.15, -0.1) is 9.42 Å². The number of hydrogen-bond acceptors (Lipinski definition) is 4.